The Labute approximate surface area is 97.4 Å². The first-order chi connectivity index (χ1) is 6.65. The van der Waals surface area contributed by atoms with Crippen molar-refractivity contribution < 1.29 is 13.2 Å². The molecule has 6 heteroatoms. The van der Waals surface area contributed by atoms with E-state index < -0.39 is 9.84 Å². The van der Waals surface area contributed by atoms with Gasteiger partial charge in [0.05, 0.1) is 11.0 Å². The summed E-state index contributed by atoms with van der Waals surface area (Å²) in [6, 6.07) is 0. The molecule has 0 aliphatic heterocycles. The lowest BCUT2D eigenvalue weighted by molar-refractivity contribution is -0.129. The summed E-state index contributed by atoms with van der Waals surface area (Å²) < 4.78 is 21.8. The Hall–Kier alpha value is -0.230. The van der Waals surface area contributed by atoms with Gasteiger partial charge in [-0.1, -0.05) is 13.8 Å². The zero-order valence-electron chi connectivity index (χ0n) is 9.60. The molecule has 0 aliphatic carbocycles. The van der Waals surface area contributed by atoms with E-state index in [1.54, 1.807) is 7.05 Å². The average Bonchev–Trinajstić information content (AvgIpc) is 2.10. The number of rotatable bonds is 5. The van der Waals surface area contributed by atoms with E-state index >= 15 is 0 Å². The molecular weight excluding hydrogens is 234 g/mol. The summed E-state index contributed by atoms with van der Waals surface area (Å²) in [5.41, 5.74) is 0. The lowest BCUT2D eigenvalue weighted by Gasteiger charge is -2.22. The van der Waals surface area contributed by atoms with E-state index in [2.05, 4.69) is 12.6 Å². The van der Waals surface area contributed by atoms with Crippen LogP contribution in [0.1, 0.15) is 13.8 Å². The fourth-order valence-electron chi connectivity index (χ4n) is 0.924. The molecule has 0 aromatic carbocycles. The van der Waals surface area contributed by atoms with Crippen molar-refractivity contribution in [2.45, 2.75) is 19.1 Å². The predicted molar refractivity (Wildman–Crippen MR) is 65.0 cm³/mol. The van der Waals surface area contributed by atoms with Crippen LogP contribution in [0, 0.1) is 5.92 Å². The summed E-state index contributed by atoms with van der Waals surface area (Å²) in [5.74, 6) is 0.00638. The summed E-state index contributed by atoms with van der Waals surface area (Å²) >= 11 is 4.18. The second-order valence-electron chi connectivity index (χ2n) is 4.08. The molecule has 0 aliphatic rings. The number of thiol groups is 1. The summed E-state index contributed by atoms with van der Waals surface area (Å²) in [5, 5.41) is -0.366. The van der Waals surface area contributed by atoms with E-state index in [0.717, 1.165) is 6.26 Å². The first-order valence-electron chi connectivity index (χ1n) is 4.76. The van der Waals surface area contributed by atoms with Crippen molar-refractivity contribution in [1.82, 2.24) is 4.90 Å². The van der Waals surface area contributed by atoms with Gasteiger partial charge in [-0.3, -0.25) is 4.79 Å². The van der Waals surface area contributed by atoms with Gasteiger partial charge in [-0.15, -0.1) is 0 Å². The molecule has 0 aromatic rings. The van der Waals surface area contributed by atoms with Crippen molar-refractivity contribution in [2.75, 3.05) is 25.6 Å². The number of nitrogens with zero attached hydrogens (tertiary/aromatic N) is 1. The van der Waals surface area contributed by atoms with Crippen LogP contribution in [0.2, 0.25) is 0 Å². The van der Waals surface area contributed by atoms with Crippen molar-refractivity contribution >= 4 is 28.4 Å². The Balaban J connectivity index is 4.23. The molecule has 0 saturated carbocycles. The van der Waals surface area contributed by atoms with Gasteiger partial charge in [-0.2, -0.15) is 12.6 Å². The van der Waals surface area contributed by atoms with Gasteiger partial charge in [-0.25, -0.2) is 8.42 Å². The fourth-order valence-corrected chi connectivity index (χ4v) is 1.73. The summed E-state index contributed by atoms with van der Waals surface area (Å²) in [7, 11) is -1.42. The van der Waals surface area contributed by atoms with E-state index in [9.17, 15) is 13.2 Å². The molecule has 0 fully saturated rings. The maximum Gasteiger partial charge on any atom is 0.235 e. The molecule has 0 spiro atoms. The Morgan fingerprint density at radius 1 is 1.40 bits per heavy atom. The number of sulfone groups is 1. The highest BCUT2D eigenvalue weighted by atomic mass is 32.2. The van der Waals surface area contributed by atoms with Crippen LogP contribution in [0.4, 0.5) is 0 Å². The minimum absolute atomic E-state index is 0.00612. The van der Waals surface area contributed by atoms with Crippen LogP contribution in [-0.2, 0) is 14.6 Å². The summed E-state index contributed by atoms with van der Waals surface area (Å²) in [6.07, 6.45) is 1.16. The molecule has 0 saturated heterocycles. The molecule has 0 N–H and O–H groups in total. The molecule has 0 rings (SSSR count). The van der Waals surface area contributed by atoms with Crippen LogP contribution in [-0.4, -0.2) is 50.1 Å². The van der Waals surface area contributed by atoms with E-state index in [1.807, 2.05) is 13.8 Å². The van der Waals surface area contributed by atoms with Crippen LogP contribution >= 0.6 is 12.6 Å². The molecule has 15 heavy (non-hydrogen) atoms. The quantitative estimate of drug-likeness (QED) is 0.724. The SMILES string of the molecule is CC(C)C(S)C(=O)N(C)CCS(C)(=O)=O. The Kier molecular flexibility index (Phi) is 5.66. The summed E-state index contributed by atoms with van der Waals surface area (Å²) in [4.78, 5) is 13.1. The highest BCUT2D eigenvalue weighted by molar-refractivity contribution is 7.90. The van der Waals surface area contributed by atoms with Gasteiger partial charge in [0, 0.05) is 19.8 Å². The second-order valence-corrected chi connectivity index (χ2v) is 6.89. The maximum absolute atomic E-state index is 11.7. The largest absolute Gasteiger partial charge is 0.344 e. The molecule has 1 amide bonds. The van der Waals surface area contributed by atoms with E-state index in [0.29, 0.717) is 0 Å². The zero-order valence-corrected chi connectivity index (χ0v) is 11.3. The van der Waals surface area contributed by atoms with Crippen molar-refractivity contribution in [1.29, 1.82) is 0 Å². The third-order valence-electron chi connectivity index (χ3n) is 2.06. The number of hydrogen-bond donors (Lipinski definition) is 1. The van der Waals surface area contributed by atoms with E-state index in [1.165, 1.54) is 4.90 Å². The minimum atomic E-state index is -3.02. The van der Waals surface area contributed by atoms with Crippen LogP contribution in [0.5, 0.6) is 0 Å². The van der Waals surface area contributed by atoms with Crippen molar-refractivity contribution in [3.8, 4) is 0 Å². The van der Waals surface area contributed by atoms with Crippen LogP contribution < -0.4 is 0 Å². The average molecular weight is 253 g/mol. The molecule has 0 heterocycles. The fraction of sp³-hybridized carbons (Fsp3) is 0.889. The second kappa shape index (κ2) is 5.75. The molecule has 1 atom stereocenters. The Morgan fingerprint density at radius 3 is 2.20 bits per heavy atom. The van der Waals surface area contributed by atoms with Gasteiger partial charge in [-0.05, 0) is 5.92 Å². The highest BCUT2D eigenvalue weighted by Gasteiger charge is 2.21. The standard InChI is InChI=1S/C9H19NO3S2/c1-7(2)8(14)9(11)10(3)5-6-15(4,12)13/h7-8,14H,5-6H2,1-4H3. The number of carbonyl (C=O) groups excluding carboxylic acids is 1. The molecule has 4 nitrogen and oxygen atoms in total. The summed E-state index contributed by atoms with van der Waals surface area (Å²) in [6.45, 7) is 4.03. The maximum atomic E-state index is 11.7. The number of amides is 1. The molecule has 0 aromatic heterocycles. The monoisotopic (exact) mass is 253 g/mol. The van der Waals surface area contributed by atoms with Crippen molar-refractivity contribution in [3.63, 3.8) is 0 Å². The normalized spacial score (nSPS) is 14.0. The van der Waals surface area contributed by atoms with Gasteiger partial charge in [0.25, 0.3) is 0 Å². The third kappa shape index (κ3) is 6.04. The van der Waals surface area contributed by atoms with Gasteiger partial charge in [0.1, 0.15) is 9.84 Å². The topological polar surface area (TPSA) is 54.5 Å². The first-order valence-corrected chi connectivity index (χ1v) is 7.33. The van der Waals surface area contributed by atoms with Gasteiger partial charge in [0.2, 0.25) is 5.91 Å². The lowest BCUT2D eigenvalue weighted by atomic mass is 10.1. The molecule has 1 unspecified atom stereocenters. The smallest absolute Gasteiger partial charge is 0.235 e. The van der Waals surface area contributed by atoms with Crippen LogP contribution in [0.3, 0.4) is 0 Å². The molecular formula is C9H19NO3S2. The Bertz CT molecular complexity index is 311. The Morgan fingerprint density at radius 2 is 1.87 bits per heavy atom. The first kappa shape index (κ1) is 14.8. The predicted octanol–water partition coefficient (Wildman–Crippen LogP) is 0.444. The zero-order chi connectivity index (χ0) is 12.2. The van der Waals surface area contributed by atoms with E-state index in [-0.39, 0.29) is 29.4 Å². The highest BCUT2D eigenvalue weighted by Crippen LogP contribution is 2.11. The third-order valence-corrected chi connectivity index (χ3v) is 3.80. The van der Waals surface area contributed by atoms with Gasteiger partial charge < -0.3 is 4.90 Å². The minimum Gasteiger partial charge on any atom is -0.344 e. The van der Waals surface area contributed by atoms with Gasteiger partial charge in [0.15, 0.2) is 0 Å². The molecule has 90 valence electrons. The molecule has 0 radical (unpaired) electrons. The van der Waals surface area contributed by atoms with Crippen molar-refractivity contribution in [3.05, 3.63) is 0 Å². The lowest BCUT2D eigenvalue weighted by Crippen LogP contribution is -2.38. The van der Waals surface area contributed by atoms with E-state index in [4.69, 9.17) is 0 Å². The van der Waals surface area contributed by atoms with Crippen LogP contribution in [0.15, 0.2) is 0 Å². The molecule has 0 bridgehead atoms. The number of hydrogen-bond acceptors (Lipinski definition) is 4. The number of carbonyl (C=O) groups is 1. The van der Waals surface area contributed by atoms with Crippen LogP contribution in [0.25, 0.3) is 0 Å². The van der Waals surface area contributed by atoms with Gasteiger partial charge >= 0.3 is 0 Å². The van der Waals surface area contributed by atoms with Crippen molar-refractivity contribution in [2.24, 2.45) is 5.92 Å².